The molecule has 0 amide bonds. The molecular weight excluding hydrogens is 316 g/mol. The summed E-state index contributed by atoms with van der Waals surface area (Å²) in [7, 11) is 0. The van der Waals surface area contributed by atoms with Gasteiger partial charge in [-0.05, 0) is 12.1 Å². The van der Waals surface area contributed by atoms with Gasteiger partial charge in [-0.2, -0.15) is 0 Å². The molecule has 1 saturated heterocycles. The molecule has 7 nitrogen and oxygen atoms in total. The lowest BCUT2D eigenvalue weighted by molar-refractivity contribution is 0.629. The topological polar surface area (TPSA) is 78.0 Å². The van der Waals surface area contributed by atoms with Gasteiger partial charge >= 0.3 is 0 Å². The fourth-order valence-corrected chi connectivity index (χ4v) is 2.94. The number of H-pyrrole nitrogens is 1. The van der Waals surface area contributed by atoms with E-state index in [1.807, 2.05) is 53.4 Å². The first-order valence-corrected chi connectivity index (χ1v) is 8.24. The Morgan fingerprint density at radius 2 is 1.56 bits per heavy atom. The first kappa shape index (κ1) is 15.3. The molecule has 0 saturated carbocycles. The van der Waals surface area contributed by atoms with Crippen LogP contribution in [0.1, 0.15) is 0 Å². The van der Waals surface area contributed by atoms with Crippen LogP contribution in [0, 0.1) is 0 Å². The molecule has 0 atom stereocenters. The lowest BCUT2D eigenvalue weighted by atomic mass is 10.2. The van der Waals surface area contributed by atoms with Gasteiger partial charge in [0.15, 0.2) is 5.69 Å². The number of benzene rings is 1. The standard InChI is InChI=1S/C18H18N6O/c25-17-16(14-6-2-1-3-7-14)21-22-18(20-17)24-12-10-23(11-13-24)15-8-4-5-9-19-15/h1-9H,10-13H2,(H,20,22,25). The molecular formula is C18H18N6O. The van der Waals surface area contributed by atoms with Gasteiger partial charge in [-0.25, -0.2) is 4.98 Å². The first-order valence-electron chi connectivity index (χ1n) is 8.24. The van der Waals surface area contributed by atoms with E-state index in [1.165, 1.54) is 0 Å². The summed E-state index contributed by atoms with van der Waals surface area (Å²) in [6.45, 7) is 3.15. The Hall–Kier alpha value is -3.22. The van der Waals surface area contributed by atoms with Crippen molar-refractivity contribution in [3.05, 3.63) is 65.1 Å². The molecule has 3 heterocycles. The lowest BCUT2D eigenvalue weighted by Crippen LogP contribution is -2.47. The van der Waals surface area contributed by atoms with Crippen LogP contribution in [0.5, 0.6) is 0 Å². The maximum atomic E-state index is 12.4. The zero-order valence-corrected chi connectivity index (χ0v) is 13.7. The maximum absolute atomic E-state index is 12.4. The highest BCUT2D eigenvalue weighted by atomic mass is 16.1. The minimum atomic E-state index is -0.219. The third kappa shape index (κ3) is 3.21. The normalized spacial score (nSPS) is 14.6. The smallest absolute Gasteiger partial charge is 0.279 e. The Kier molecular flexibility index (Phi) is 4.12. The Morgan fingerprint density at radius 3 is 2.24 bits per heavy atom. The van der Waals surface area contributed by atoms with Gasteiger partial charge in [0.2, 0.25) is 5.95 Å². The molecule has 4 rings (SSSR count). The van der Waals surface area contributed by atoms with E-state index in [4.69, 9.17) is 0 Å². The fourth-order valence-electron chi connectivity index (χ4n) is 2.94. The minimum Gasteiger partial charge on any atom is -0.353 e. The predicted molar refractivity (Wildman–Crippen MR) is 96.8 cm³/mol. The highest BCUT2D eigenvalue weighted by molar-refractivity contribution is 5.57. The second kappa shape index (κ2) is 6.72. The second-order valence-corrected chi connectivity index (χ2v) is 5.85. The molecule has 25 heavy (non-hydrogen) atoms. The van der Waals surface area contributed by atoms with Crippen LogP contribution in [0.4, 0.5) is 11.8 Å². The van der Waals surface area contributed by atoms with Gasteiger partial charge in [-0.1, -0.05) is 36.4 Å². The third-order valence-electron chi connectivity index (χ3n) is 4.28. The number of aromatic amines is 1. The van der Waals surface area contributed by atoms with E-state index in [9.17, 15) is 4.79 Å². The summed E-state index contributed by atoms with van der Waals surface area (Å²) < 4.78 is 0. The number of nitrogens with one attached hydrogen (secondary N) is 1. The van der Waals surface area contributed by atoms with Crippen molar-refractivity contribution in [2.75, 3.05) is 36.0 Å². The van der Waals surface area contributed by atoms with Gasteiger partial charge in [0.1, 0.15) is 5.82 Å². The number of aromatic nitrogens is 4. The molecule has 1 aliphatic rings. The molecule has 0 spiro atoms. The molecule has 0 unspecified atom stereocenters. The monoisotopic (exact) mass is 334 g/mol. The van der Waals surface area contributed by atoms with Crippen LogP contribution in [0.3, 0.4) is 0 Å². The minimum absolute atomic E-state index is 0.219. The zero-order chi connectivity index (χ0) is 17.1. The highest BCUT2D eigenvalue weighted by Crippen LogP contribution is 2.16. The maximum Gasteiger partial charge on any atom is 0.279 e. The molecule has 7 heteroatoms. The number of piperazine rings is 1. The average molecular weight is 334 g/mol. The third-order valence-corrected chi connectivity index (χ3v) is 4.28. The summed E-state index contributed by atoms with van der Waals surface area (Å²) in [5.41, 5.74) is 0.891. The molecule has 1 N–H and O–H groups in total. The Morgan fingerprint density at radius 1 is 0.840 bits per heavy atom. The zero-order valence-electron chi connectivity index (χ0n) is 13.7. The van der Waals surface area contributed by atoms with Gasteiger partial charge in [-0.3, -0.25) is 9.78 Å². The van der Waals surface area contributed by atoms with Gasteiger partial charge in [-0.15, -0.1) is 10.2 Å². The summed E-state index contributed by atoms with van der Waals surface area (Å²) in [6, 6.07) is 15.3. The van der Waals surface area contributed by atoms with E-state index >= 15 is 0 Å². The van der Waals surface area contributed by atoms with Crippen LogP contribution in [-0.2, 0) is 0 Å². The molecule has 0 radical (unpaired) electrons. The van der Waals surface area contributed by atoms with E-state index < -0.39 is 0 Å². The summed E-state index contributed by atoms with van der Waals surface area (Å²) in [6.07, 6.45) is 1.80. The van der Waals surface area contributed by atoms with Gasteiger partial charge in [0, 0.05) is 37.9 Å². The summed E-state index contributed by atoms with van der Waals surface area (Å²) >= 11 is 0. The molecule has 1 aromatic carbocycles. The van der Waals surface area contributed by atoms with E-state index in [1.54, 1.807) is 6.20 Å². The van der Waals surface area contributed by atoms with Crippen molar-refractivity contribution in [2.45, 2.75) is 0 Å². The molecule has 1 aliphatic heterocycles. The van der Waals surface area contributed by atoms with E-state index in [-0.39, 0.29) is 5.56 Å². The second-order valence-electron chi connectivity index (χ2n) is 5.85. The van der Waals surface area contributed by atoms with Crippen LogP contribution in [0.25, 0.3) is 11.3 Å². The van der Waals surface area contributed by atoms with E-state index in [0.717, 1.165) is 37.6 Å². The van der Waals surface area contributed by atoms with Crippen molar-refractivity contribution >= 4 is 11.8 Å². The van der Waals surface area contributed by atoms with Crippen LogP contribution in [0.15, 0.2) is 59.5 Å². The SMILES string of the molecule is O=c1[nH]c(N2CCN(c3ccccn3)CC2)nnc1-c1ccccc1. The first-order chi connectivity index (χ1) is 12.3. The van der Waals surface area contributed by atoms with Crippen molar-refractivity contribution in [2.24, 2.45) is 0 Å². The molecule has 0 bridgehead atoms. The van der Waals surface area contributed by atoms with Gasteiger partial charge in [0.05, 0.1) is 0 Å². The number of hydrogen-bond donors (Lipinski definition) is 1. The molecule has 1 fully saturated rings. The van der Waals surface area contributed by atoms with E-state index in [0.29, 0.717) is 11.6 Å². The van der Waals surface area contributed by atoms with Crippen LogP contribution in [0.2, 0.25) is 0 Å². The number of anilines is 2. The van der Waals surface area contributed by atoms with Crippen molar-refractivity contribution in [3.8, 4) is 11.3 Å². The average Bonchev–Trinajstić information content (AvgIpc) is 2.69. The molecule has 2 aromatic heterocycles. The Labute approximate surface area is 145 Å². The Balaban J connectivity index is 1.49. The van der Waals surface area contributed by atoms with Crippen molar-refractivity contribution in [1.29, 1.82) is 0 Å². The quantitative estimate of drug-likeness (QED) is 0.783. The van der Waals surface area contributed by atoms with Gasteiger partial charge in [0.25, 0.3) is 5.56 Å². The molecule has 126 valence electrons. The van der Waals surface area contributed by atoms with Crippen LogP contribution >= 0.6 is 0 Å². The summed E-state index contributed by atoms with van der Waals surface area (Å²) in [5, 5.41) is 8.36. The number of hydrogen-bond acceptors (Lipinski definition) is 6. The largest absolute Gasteiger partial charge is 0.353 e. The number of nitrogens with zero attached hydrogens (tertiary/aromatic N) is 5. The summed E-state index contributed by atoms with van der Waals surface area (Å²) in [4.78, 5) is 23.9. The summed E-state index contributed by atoms with van der Waals surface area (Å²) in [5.74, 6) is 1.49. The van der Waals surface area contributed by atoms with Crippen LogP contribution < -0.4 is 15.4 Å². The molecule has 3 aromatic rings. The molecule has 0 aliphatic carbocycles. The van der Waals surface area contributed by atoms with Crippen molar-refractivity contribution < 1.29 is 0 Å². The predicted octanol–water partition coefficient (Wildman–Crippen LogP) is 1.55. The van der Waals surface area contributed by atoms with Crippen molar-refractivity contribution in [3.63, 3.8) is 0 Å². The number of pyridine rings is 1. The van der Waals surface area contributed by atoms with E-state index in [2.05, 4.69) is 25.1 Å². The van der Waals surface area contributed by atoms with Gasteiger partial charge < -0.3 is 9.80 Å². The fraction of sp³-hybridized carbons (Fsp3) is 0.222. The highest BCUT2D eigenvalue weighted by Gasteiger charge is 2.20. The number of rotatable bonds is 3. The Bertz CT molecular complexity index is 888. The lowest BCUT2D eigenvalue weighted by Gasteiger charge is -2.35. The van der Waals surface area contributed by atoms with Crippen molar-refractivity contribution in [1.82, 2.24) is 20.2 Å². The van der Waals surface area contributed by atoms with Crippen LogP contribution in [-0.4, -0.2) is 46.3 Å².